The number of nitrogen functional groups attached to an aromatic ring is 1. The number of benzene rings is 1. The van der Waals surface area contributed by atoms with Crippen molar-refractivity contribution in [2.75, 3.05) is 17.6 Å². The third-order valence-corrected chi connectivity index (χ3v) is 4.36. The van der Waals surface area contributed by atoms with Crippen molar-refractivity contribution >= 4 is 23.3 Å². The van der Waals surface area contributed by atoms with Crippen LogP contribution in [0.4, 0.5) is 11.5 Å². The second kappa shape index (κ2) is 8.96. The van der Waals surface area contributed by atoms with Crippen molar-refractivity contribution in [3.63, 3.8) is 0 Å². The van der Waals surface area contributed by atoms with Crippen molar-refractivity contribution < 1.29 is 9.59 Å². The molecule has 0 spiro atoms. The van der Waals surface area contributed by atoms with Crippen LogP contribution in [0, 0.1) is 0 Å². The normalized spacial score (nSPS) is 11.7. The molecule has 0 aliphatic rings. The van der Waals surface area contributed by atoms with Crippen LogP contribution < -0.4 is 16.4 Å². The third-order valence-electron chi connectivity index (χ3n) is 4.36. The zero-order valence-corrected chi connectivity index (χ0v) is 16.3. The molecule has 0 radical (unpaired) electrons. The number of carbonyl (C=O) groups excluding carboxylic acids is 2. The van der Waals surface area contributed by atoms with E-state index in [0.717, 1.165) is 12.0 Å². The first-order valence-electron chi connectivity index (χ1n) is 9.29. The Bertz CT molecular complexity index is 1020. The molecule has 3 aromatic rings. The largest absolute Gasteiger partial charge is 0.382 e. The summed E-state index contributed by atoms with van der Waals surface area (Å²) in [4.78, 5) is 32.3. The highest BCUT2D eigenvalue weighted by molar-refractivity contribution is 6.05. The molecular formula is C20H23N7O2. The van der Waals surface area contributed by atoms with Gasteiger partial charge >= 0.3 is 0 Å². The van der Waals surface area contributed by atoms with Gasteiger partial charge in [-0.05, 0) is 31.0 Å². The third kappa shape index (κ3) is 4.75. The number of nitrogens with one attached hydrogen (secondary N) is 2. The molecule has 9 nitrogen and oxygen atoms in total. The molecule has 1 atom stereocenters. The Kier molecular flexibility index (Phi) is 6.18. The van der Waals surface area contributed by atoms with Gasteiger partial charge in [0.25, 0.3) is 11.8 Å². The van der Waals surface area contributed by atoms with Crippen molar-refractivity contribution in [3.05, 3.63) is 65.9 Å². The van der Waals surface area contributed by atoms with Crippen LogP contribution in [0.1, 0.15) is 52.7 Å². The van der Waals surface area contributed by atoms with Crippen molar-refractivity contribution in [2.24, 2.45) is 0 Å². The first-order chi connectivity index (χ1) is 14.0. The van der Waals surface area contributed by atoms with Gasteiger partial charge in [-0.2, -0.15) is 5.10 Å². The summed E-state index contributed by atoms with van der Waals surface area (Å²) in [6.07, 6.45) is 6.95. The number of aromatic nitrogens is 4. The fourth-order valence-electron chi connectivity index (χ4n) is 2.76. The van der Waals surface area contributed by atoms with Crippen LogP contribution in [0.25, 0.3) is 0 Å². The molecular weight excluding hydrogens is 370 g/mol. The average molecular weight is 393 g/mol. The number of nitrogens with zero attached hydrogens (tertiary/aromatic N) is 4. The van der Waals surface area contributed by atoms with E-state index in [-0.39, 0.29) is 23.5 Å². The lowest BCUT2D eigenvalue weighted by molar-refractivity contribution is 0.0952. The van der Waals surface area contributed by atoms with E-state index in [2.05, 4.69) is 25.7 Å². The smallest absolute Gasteiger partial charge is 0.278 e. The maximum Gasteiger partial charge on any atom is 0.278 e. The molecule has 0 saturated heterocycles. The van der Waals surface area contributed by atoms with Crippen molar-refractivity contribution in [2.45, 2.75) is 26.3 Å². The summed E-state index contributed by atoms with van der Waals surface area (Å²) in [7, 11) is 0. The van der Waals surface area contributed by atoms with E-state index in [1.54, 1.807) is 23.1 Å². The summed E-state index contributed by atoms with van der Waals surface area (Å²) in [6.45, 7) is 4.60. The van der Waals surface area contributed by atoms with Crippen LogP contribution in [0.15, 0.2) is 49.1 Å². The summed E-state index contributed by atoms with van der Waals surface area (Å²) in [5.41, 5.74) is 7.77. The number of hydrogen-bond acceptors (Lipinski definition) is 6. The molecule has 9 heteroatoms. The summed E-state index contributed by atoms with van der Waals surface area (Å²) in [5, 5.41) is 9.90. The molecule has 2 amide bonds. The number of hydrogen-bond donors (Lipinski definition) is 3. The van der Waals surface area contributed by atoms with Gasteiger partial charge in [0.05, 0.1) is 17.9 Å². The quantitative estimate of drug-likeness (QED) is 0.565. The van der Waals surface area contributed by atoms with Crippen LogP contribution in [0.5, 0.6) is 0 Å². The summed E-state index contributed by atoms with van der Waals surface area (Å²) < 4.78 is 1.71. The minimum atomic E-state index is -0.461. The van der Waals surface area contributed by atoms with E-state index < -0.39 is 5.91 Å². The Morgan fingerprint density at radius 2 is 2.00 bits per heavy atom. The molecule has 0 bridgehead atoms. The highest BCUT2D eigenvalue weighted by Gasteiger charge is 2.15. The molecule has 29 heavy (non-hydrogen) atoms. The van der Waals surface area contributed by atoms with Crippen LogP contribution in [0.3, 0.4) is 0 Å². The fraction of sp³-hybridized carbons (Fsp3) is 0.250. The Morgan fingerprint density at radius 3 is 2.76 bits per heavy atom. The number of amides is 2. The lowest BCUT2D eigenvalue weighted by atomic mass is 10.0. The fourth-order valence-corrected chi connectivity index (χ4v) is 2.76. The Morgan fingerprint density at radius 1 is 1.21 bits per heavy atom. The SMILES string of the molecule is CCCNC(=O)c1cccc(C(C)n2cc(NC(=O)c3nccnc3N)cn2)c1. The summed E-state index contributed by atoms with van der Waals surface area (Å²) in [6, 6.07) is 7.26. The van der Waals surface area contributed by atoms with Gasteiger partial charge in [-0.15, -0.1) is 0 Å². The first-order valence-corrected chi connectivity index (χ1v) is 9.29. The molecule has 4 N–H and O–H groups in total. The summed E-state index contributed by atoms with van der Waals surface area (Å²) >= 11 is 0. The topological polar surface area (TPSA) is 128 Å². The van der Waals surface area contributed by atoms with E-state index in [1.807, 2.05) is 32.0 Å². The molecule has 0 aliphatic carbocycles. The van der Waals surface area contributed by atoms with Gasteiger partial charge in [0.15, 0.2) is 11.5 Å². The van der Waals surface area contributed by atoms with Crippen LogP contribution in [0.2, 0.25) is 0 Å². The van der Waals surface area contributed by atoms with Gasteiger partial charge in [-0.25, -0.2) is 9.97 Å². The standard InChI is InChI=1S/C20H23N7O2/c1-3-7-24-19(28)15-6-4-5-14(10-15)13(2)27-12-16(11-25-27)26-20(29)17-18(21)23-9-8-22-17/h4-6,8-13H,3,7H2,1-2H3,(H2,21,23)(H,24,28)(H,26,29). The molecule has 0 saturated carbocycles. The van der Waals surface area contributed by atoms with Gasteiger partial charge in [0, 0.05) is 30.7 Å². The van der Waals surface area contributed by atoms with E-state index in [0.29, 0.717) is 17.8 Å². The Hall–Kier alpha value is -3.75. The molecule has 3 rings (SSSR count). The van der Waals surface area contributed by atoms with Crippen LogP contribution >= 0.6 is 0 Å². The zero-order chi connectivity index (χ0) is 20.8. The number of anilines is 2. The van der Waals surface area contributed by atoms with Gasteiger partial charge in [-0.3, -0.25) is 14.3 Å². The van der Waals surface area contributed by atoms with E-state index in [1.165, 1.54) is 12.4 Å². The highest BCUT2D eigenvalue weighted by atomic mass is 16.2. The maximum atomic E-state index is 12.3. The van der Waals surface area contributed by atoms with Crippen LogP contribution in [-0.4, -0.2) is 38.1 Å². The number of rotatable bonds is 7. The van der Waals surface area contributed by atoms with Crippen LogP contribution in [-0.2, 0) is 0 Å². The minimum absolute atomic E-state index is 0.0547. The molecule has 1 aromatic carbocycles. The Balaban J connectivity index is 1.72. The second-order valence-corrected chi connectivity index (χ2v) is 6.51. The zero-order valence-electron chi connectivity index (χ0n) is 16.3. The predicted molar refractivity (Wildman–Crippen MR) is 110 cm³/mol. The van der Waals surface area contributed by atoms with Gasteiger partial charge in [-0.1, -0.05) is 19.1 Å². The maximum absolute atomic E-state index is 12.3. The average Bonchev–Trinajstić information content (AvgIpc) is 3.20. The van der Waals surface area contributed by atoms with Gasteiger partial charge in [0.2, 0.25) is 0 Å². The molecule has 0 aliphatic heterocycles. The first kappa shape index (κ1) is 20.0. The molecule has 0 fully saturated rings. The van der Waals surface area contributed by atoms with Gasteiger partial charge < -0.3 is 16.4 Å². The predicted octanol–water partition coefficient (Wildman–Crippen LogP) is 2.26. The van der Waals surface area contributed by atoms with E-state index in [9.17, 15) is 9.59 Å². The number of nitrogens with two attached hydrogens (primary N) is 1. The van der Waals surface area contributed by atoms with Crippen molar-refractivity contribution in [1.82, 2.24) is 25.1 Å². The van der Waals surface area contributed by atoms with E-state index >= 15 is 0 Å². The lowest BCUT2D eigenvalue weighted by Gasteiger charge is -2.14. The number of carbonyl (C=O) groups is 2. The summed E-state index contributed by atoms with van der Waals surface area (Å²) in [5.74, 6) is -0.503. The Labute approximate surface area is 168 Å². The molecule has 2 aromatic heterocycles. The minimum Gasteiger partial charge on any atom is -0.382 e. The lowest BCUT2D eigenvalue weighted by Crippen LogP contribution is -2.24. The molecule has 1 unspecified atom stereocenters. The second-order valence-electron chi connectivity index (χ2n) is 6.51. The molecule has 150 valence electrons. The van der Waals surface area contributed by atoms with Crippen molar-refractivity contribution in [3.8, 4) is 0 Å². The van der Waals surface area contributed by atoms with E-state index in [4.69, 9.17) is 5.73 Å². The highest BCUT2D eigenvalue weighted by Crippen LogP contribution is 2.20. The van der Waals surface area contributed by atoms with Gasteiger partial charge in [0.1, 0.15) is 0 Å². The monoisotopic (exact) mass is 393 g/mol. The van der Waals surface area contributed by atoms with Crippen molar-refractivity contribution in [1.29, 1.82) is 0 Å². The molecule has 2 heterocycles.